The topological polar surface area (TPSA) is 46.5 Å². The van der Waals surface area contributed by atoms with Crippen LogP contribution >= 0.6 is 0 Å². The highest BCUT2D eigenvalue weighted by atomic mass is 16.5. The largest absolute Gasteiger partial charge is 0.497 e. The Morgan fingerprint density at radius 1 is 1.12 bits per heavy atom. The quantitative estimate of drug-likeness (QED) is 0.501. The van der Waals surface area contributed by atoms with Gasteiger partial charge in [-0.2, -0.15) is 0 Å². The van der Waals surface area contributed by atoms with Crippen LogP contribution in [0.3, 0.4) is 0 Å². The van der Waals surface area contributed by atoms with E-state index in [0.29, 0.717) is 0 Å². The van der Waals surface area contributed by atoms with Crippen molar-refractivity contribution in [3.05, 3.63) is 65.9 Å². The molecule has 32 heavy (non-hydrogen) atoms. The minimum Gasteiger partial charge on any atom is -0.497 e. The van der Waals surface area contributed by atoms with Gasteiger partial charge in [0, 0.05) is 42.7 Å². The fourth-order valence-corrected chi connectivity index (χ4v) is 4.75. The average Bonchev–Trinajstić information content (AvgIpc) is 3.19. The van der Waals surface area contributed by atoms with Gasteiger partial charge in [0.1, 0.15) is 5.75 Å². The van der Waals surface area contributed by atoms with Crippen LogP contribution in [0.2, 0.25) is 0 Å². The Bertz CT molecular complexity index is 1020. The van der Waals surface area contributed by atoms with E-state index in [1.165, 1.54) is 22.0 Å². The van der Waals surface area contributed by atoms with E-state index in [1.807, 2.05) is 12.1 Å². The molecule has 0 spiro atoms. The summed E-state index contributed by atoms with van der Waals surface area (Å²) in [5.74, 6) is 1.26. The Kier molecular flexibility index (Phi) is 7.48. The van der Waals surface area contributed by atoms with Crippen molar-refractivity contribution < 1.29 is 9.53 Å². The number of fused-ring (bicyclic) bond motifs is 1. The molecule has 0 atom stereocenters. The van der Waals surface area contributed by atoms with E-state index < -0.39 is 0 Å². The SMILES string of the molecule is CCn1cc(CN2CCC(C(=O)NCCCc3ccccc3)CC2)c2cc(OC)ccc21. The smallest absolute Gasteiger partial charge is 0.223 e. The lowest BCUT2D eigenvalue weighted by Crippen LogP contribution is -2.40. The molecule has 1 aliphatic heterocycles. The third-order valence-electron chi connectivity index (χ3n) is 6.65. The van der Waals surface area contributed by atoms with Crippen molar-refractivity contribution in [3.63, 3.8) is 0 Å². The summed E-state index contributed by atoms with van der Waals surface area (Å²) in [4.78, 5) is 15.1. The van der Waals surface area contributed by atoms with Gasteiger partial charge in [-0.25, -0.2) is 0 Å². The minimum absolute atomic E-state index is 0.139. The van der Waals surface area contributed by atoms with E-state index in [-0.39, 0.29) is 11.8 Å². The van der Waals surface area contributed by atoms with E-state index in [0.717, 1.165) is 64.2 Å². The molecule has 1 saturated heterocycles. The number of carbonyl (C=O) groups excluding carboxylic acids is 1. The Hall–Kier alpha value is -2.79. The van der Waals surface area contributed by atoms with Crippen LogP contribution in [-0.4, -0.2) is 42.1 Å². The van der Waals surface area contributed by atoms with Crippen molar-refractivity contribution in [3.8, 4) is 5.75 Å². The number of amides is 1. The molecule has 1 fully saturated rings. The van der Waals surface area contributed by atoms with Crippen LogP contribution in [0.25, 0.3) is 10.9 Å². The normalized spacial score (nSPS) is 15.2. The zero-order valence-electron chi connectivity index (χ0n) is 19.3. The third-order valence-corrected chi connectivity index (χ3v) is 6.65. The van der Waals surface area contributed by atoms with Crippen LogP contribution in [0.15, 0.2) is 54.7 Å². The number of piperidine rings is 1. The van der Waals surface area contributed by atoms with Crippen molar-refractivity contribution in [2.45, 2.75) is 45.7 Å². The van der Waals surface area contributed by atoms with Gasteiger partial charge in [0.2, 0.25) is 5.91 Å². The Balaban J connectivity index is 1.26. The summed E-state index contributed by atoms with van der Waals surface area (Å²) in [6, 6.07) is 16.8. The molecule has 3 aromatic rings. The number of methoxy groups -OCH3 is 1. The predicted molar refractivity (Wildman–Crippen MR) is 130 cm³/mol. The van der Waals surface area contributed by atoms with Gasteiger partial charge >= 0.3 is 0 Å². The number of nitrogens with zero attached hydrogens (tertiary/aromatic N) is 2. The molecular weight excluding hydrogens is 398 g/mol. The number of rotatable bonds is 9. The lowest BCUT2D eigenvalue weighted by Gasteiger charge is -2.31. The lowest BCUT2D eigenvalue weighted by atomic mass is 9.95. The first kappa shape index (κ1) is 22.4. The number of benzene rings is 2. The summed E-state index contributed by atoms with van der Waals surface area (Å²) < 4.78 is 7.75. The second-order valence-corrected chi connectivity index (χ2v) is 8.75. The molecular formula is C27H35N3O2. The van der Waals surface area contributed by atoms with Gasteiger partial charge in [0.15, 0.2) is 0 Å². The van der Waals surface area contributed by atoms with Crippen LogP contribution in [0.4, 0.5) is 0 Å². The Labute approximate surface area is 191 Å². The zero-order chi connectivity index (χ0) is 22.3. The van der Waals surface area contributed by atoms with Gasteiger partial charge in [-0.15, -0.1) is 0 Å². The molecule has 1 N–H and O–H groups in total. The summed E-state index contributed by atoms with van der Waals surface area (Å²) in [6.45, 7) is 6.73. The molecule has 1 amide bonds. The maximum Gasteiger partial charge on any atom is 0.223 e. The monoisotopic (exact) mass is 433 g/mol. The minimum atomic E-state index is 0.139. The van der Waals surface area contributed by atoms with E-state index in [4.69, 9.17) is 4.74 Å². The number of likely N-dealkylation sites (tertiary alicyclic amines) is 1. The number of ether oxygens (including phenoxy) is 1. The maximum atomic E-state index is 12.6. The number of hydrogen-bond acceptors (Lipinski definition) is 3. The van der Waals surface area contributed by atoms with Crippen molar-refractivity contribution in [2.75, 3.05) is 26.7 Å². The highest BCUT2D eigenvalue weighted by molar-refractivity contribution is 5.85. The maximum absolute atomic E-state index is 12.6. The number of carbonyl (C=O) groups is 1. The van der Waals surface area contributed by atoms with Crippen LogP contribution in [0.5, 0.6) is 5.75 Å². The zero-order valence-corrected chi connectivity index (χ0v) is 19.3. The van der Waals surface area contributed by atoms with E-state index in [1.54, 1.807) is 7.11 Å². The van der Waals surface area contributed by atoms with Gasteiger partial charge in [0.05, 0.1) is 7.11 Å². The molecule has 5 heteroatoms. The first-order valence-corrected chi connectivity index (χ1v) is 11.9. The molecule has 0 aliphatic carbocycles. The molecule has 0 bridgehead atoms. The number of nitrogens with one attached hydrogen (secondary N) is 1. The van der Waals surface area contributed by atoms with Crippen molar-refractivity contribution in [1.82, 2.24) is 14.8 Å². The molecule has 170 valence electrons. The number of aryl methyl sites for hydroxylation is 2. The molecule has 0 unspecified atom stereocenters. The van der Waals surface area contributed by atoms with E-state index >= 15 is 0 Å². The average molecular weight is 434 g/mol. The molecule has 2 heterocycles. The van der Waals surface area contributed by atoms with Crippen molar-refractivity contribution in [2.24, 2.45) is 5.92 Å². The summed E-state index contributed by atoms with van der Waals surface area (Å²) in [5.41, 5.74) is 3.93. The summed E-state index contributed by atoms with van der Waals surface area (Å²) in [5, 5.41) is 4.43. The summed E-state index contributed by atoms with van der Waals surface area (Å²) in [7, 11) is 1.72. The molecule has 1 aromatic heterocycles. The van der Waals surface area contributed by atoms with Crippen LogP contribution < -0.4 is 10.1 Å². The first-order chi connectivity index (χ1) is 15.7. The molecule has 4 rings (SSSR count). The second kappa shape index (κ2) is 10.7. The molecule has 2 aromatic carbocycles. The fraction of sp³-hybridized carbons (Fsp3) is 0.444. The van der Waals surface area contributed by atoms with E-state index in [2.05, 4.69) is 64.3 Å². The summed E-state index contributed by atoms with van der Waals surface area (Å²) >= 11 is 0. The van der Waals surface area contributed by atoms with Gasteiger partial charge in [-0.1, -0.05) is 30.3 Å². The van der Waals surface area contributed by atoms with Crippen LogP contribution in [-0.2, 0) is 24.3 Å². The van der Waals surface area contributed by atoms with E-state index in [9.17, 15) is 4.79 Å². The van der Waals surface area contributed by atoms with Gasteiger partial charge in [-0.3, -0.25) is 9.69 Å². The second-order valence-electron chi connectivity index (χ2n) is 8.75. The first-order valence-electron chi connectivity index (χ1n) is 11.9. The highest BCUT2D eigenvalue weighted by Gasteiger charge is 2.25. The lowest BCUT2D eigenvalue weighted by molar-refractivity contribution is -0.126. The Morgan fingerprint density at radius 3 is 2.62 bits per heavy atom. The number of aromatic nitrogens is 1. The van der Waals surface area contributed by atoms with Gasteiger partial charge in [0.25, 0.3) is 0 Å². The molecule has 0 radical (unpaired) electrons. The third kappa shape index (κ3) is 5.33. The van der Waals surface area contributed by atoms with Crippen molar-refractivity contribution >= 4 is 16.8 Å². The standard InChI is InChI=1S/C27H35N3O2/c1-3-30-20-23(25-18-24(32-2)11-12-26(25)30)19-29-16-13-22(14-17-29)27(31)28-15-7-10-21-8-5-4-6-9-21/h4-6,8-9,11-12,18,20,22H,3,7,10,13-17,19H2,1-2H3,(H,28,31). The molecule has 0 saturated carbocycles. The highest BCUT2D eigenvalue weighted by Crippen LogP contribution is 2.28. The van der Waals surface area contributed by atoms with Crippen LogP contribution in [0, 0.1) is 5.92 Å². The van der Waals surface area contributed by atoms with Gasteiger partial charge < -0.3 is 14.6 Å². The van der Waals surface area contributed by atoms with Crippen molar-refractivity contribution in [1.29, 1.82) is 0 Å². The van der Waals surface area contributed by atoms with Gasteiger partial charge in [-0.05, 0) is 75.0 Å². The fourth-order valence-electron chi connectivity index (χ4n) is 4.75. The molecule has 5 nitrogen and oxygen atoms in total. The predicted octanol–water partition coefficient (Wildman–Crippen LogP) is 4.63. The van der Waals surface area contributed by atoms with Crippen LogP contribution in [0.1, 0.15) is 37.3 Å². The molecule has 1 aliphatic rings. The number of hydrogen-bond donors (Lipinski definition) is 1. The summed E-state index contributed by atoms with van der Waals surface area (Å²) in [6.07, 6.45) is 6.13. The Morgan fingerprint density at radius 2 is 1.91 bits per heavy atom.